The molecule has 0 radical (unpaired) electrons. The van der Waals surface area contributed by atoms with Crippen LogP contribution in [0.2, 0.25) is 5.15 Å². The van der Waals surface area contributed by atoms with Crippen molar-refractivity contribution in [3.8, 4) is 22.4 Å². The Hall–Kier alpha value is -2.79. The lowest BCUT2D eigenvalue weighted by Crippen LogP contribution is -1.89. The number of H-pyrrole nitrogens is 1. The highest BCUT2D eigenvalue weighted by molar-refractivity contribution is 6.30. The molecule has 4 aromatic heterocycles. The summed E-state index contributed by atoms with van der Waals surface area (Å²) in [6.45, 7) is 1.93. The van der Waals surface area contributed by atoms with Crippen LogP contribution in [0.5, 0.6) is 0 Å². The van der Waals surface area contributed by atoms with E-state index in [1.165, 1.54) is 0 Å². The molecule has 0 aliphatic rings. The molecule has 4 aromatic rings. The van der Waals surface area contributed by atoms with E-state index in [-0.39, 0.29) is 0 Å². The van der Waals surface area contributed by atoms with Crippen molar-refractivity contribution in [3.63, 3.8) is 0 Å². The van der Waals surface area contributed by atoms with E-state index >= 15 is 0 Å². The average Bonchev–Trinajstić information content (AvgIpc) is 3.01. The largest absolute Gasteiger partial charge is 0.344 e. The van der Waals surface area contributed by atoms with Gasteiger partial charge in [0.25, 0.3) is 0 Å². The zero-order chi connectivity index (χ0) is 15.8. The van der Waals surface area contributed by atoms with E-state index in [4.69, 9.17) is 16.6 Å². The summed E-state index contributed by atoms with van der Waals surface area (Å²) < 4.78 is 0. The number of aromatic nitrogens is 5. The number of halogens is 1. The summed E-state index contributed by atoms with van der Waals surface area (Å²) in [6.07, 6.45) is 8.88. The fraction of sp³-hybridized carbons (Fsp3) is 0.0588. The summed E-state index contributed by atoms with van der Waals surface area (Å²) in [5.41, 5.74) is 6.17. The molecule has 112 valence electrons. The lowest BCUT2D eigenvalue weighted by molar-refractivity contribution is 1.25. The molecule has 0 spiro atoms. The summed E-state index contributed by atoms with van der Waals surface area (Å²) in [6, 6.07) is 5.82. The van der Waals surface area contributed by atoms with Gasteiger partial charge in [-0.3, -0.25) is 4.98 Å². The lowest BCUT2D eigenvalue weighted by atomic mass is 10.1. The molecule has 4 rings (SSSR count). The van der Waals surface area contributed by atoms with Crippen molar-refractivity contribution in [2.75, 3.05) is 0 Å². The molecule has 6 heteroatoms. The van der Waals surface area contributed by atoms with Gasteiger partial charge < -0.3 is 4.98 Å². The molecule has 0 aliphatic heterocycles. The number of hydrogen-bond donors (Lipinski definition) is 1. The van der Waals surface area contributed by atoms with Gasteiger partial charge in [0, 0.05) is 41.5 Å². The molecule has 0 aliphatic carbocycles. The summed E-state index contributed by atoms with van der Waals surface area (Å²) >= 11 is 6.01. The van der Waals surface area contributed by atoms with Crippen LogP contribution in [0.3, 0.4) is 0 Å². The van der Waals surface area contributed by atoms with Crippen LogP contribution in [-0.4, -0.2) is 24.9 Å². The zero-order valence-electron chi connectivity index (χ0n) is 12.3. The second-order valence-electron chi connectivity index (χ2n) is 5.22. The van der Waals surface area contributed by atoms with Crippen molar-refractivity contribution >= 4 is 22.8 Å². The Morgan fingerprint density at radius 3 is 2.65 bits per heavy atom. The second-order valence-corrected chi connectivity index (χ2v) is 5.58. The van der Waals surface area contributed by atoms with Crippen molar-refractivity contribution in [2.45, 2.75) is 6.92 Å². The fourth-order valence-corrected chi connectivity index (χ4v) is 2.58. The van der Waals surface area contributed by atoms with Gasteiger partial charge in [0.1, 0.15) is 10.7 Å². The van der Waals surface area contributed by atoms with E-state index in [1.807, 2.05) is 31.3 Å². The number of fused-ring (bicyclic) bond motifs is 1. The van der Waals surface area contributed by atoms with Gasteiger partial charge in [-0.05, 0) is 30.7 Å². The molecule has 0 saturated carbocycles. The molecule has 0 atom stereocenters. The Balaban J connectivity index is 1.89. The Labute approximate surface area is 137 Å². The van der Waals surface area contributed by atoms with E-state index in [1.54, 1.807) is 24.8 Å². The van der Waals surface area contributed by atoms with Crippen LogP contribution in [-0.2, 0) is 0 Å². The van der Waals surface area contributed by atoms with E-state index < -0.39 is 0 Å². The maximum atomic E-state index is 6.01. The number of nitrogens with zero attached hydrogens (tertiary/aromatic N) is 4. The van der Waals surface area contributed by atoms with E-state index in [2.05, 4.69) is 19.9 Å². The number of hydrogen-bond acceptors (Lipinski definition) is 4. The van der Waals surface area contributed by atoms with Gasteiger partial charge in [0.05, 0.1) is 11.9 Å². The molecule has 0 amide bonds. The topological polar surface area (TPSA) is 67.3 Å². The van der Waals surface area contributed by atoms with E-state index in [9.17, 15) is 0 Å². The predicted molar refractivity (Wildman–Crippen MR) is 90.1 cm³/mol. The molecule has 0 fully saturated rings. The Kier molecular flexibility index (Phi) is 3.28. The molecule has 0 bridgehead atoms. The minimum Gasteiger partial charge on any atom is -0.344 e. The number of rotatable bonds is 2. The molecule has 23 heavy (non-hydrogen) atoms. The van der Waals surface area contributed by atoms with Crippen LogP contribution in [0.15, 0.2) is 49.2 Å². The third kappa shape index (κ3) is 2.45. The van der Waals surface area contributed by atoms with Gasteiger partial charge in [0.15, 0.2) is 5.65 Å². The first-order valence-electron chi connectivity index (χ1n) is 7.09. The molecular formula is C17H12ClN5. The zero-order valence-corrected chi connectivity index (χ0v) is 13.0. The Morgan fingerprint density at radius 1 is 1.04 bits per heavy atom. The van der Waals surface area contributed by atoms with Crippen LogP contribution in [0.4, 0.5) is 0 Å². The highest BCUT2D eigenvalue weighted by atomic mass is 35.5. The van der Waals surface area contributed by atoms with Gasteiger partial charge in [-0.1, -0.05) is 11.6 Å². The minimum atomic E-state index is 0.511. The van der Waals surface area contributed by atoms with Gasteiger partial charge in [-0.15, -0.1) is 0 Å². The normalized spacial score (nSPS) is 11.0. The average molecular weight is 322 g/mol. The number of aromatic amines is 1. The quantitative estimate of drug-likeness (QED) is 0.566. The number of aryl methyl sites for hydroxylation is 1. The summed E-state index contributed by atoms with van der Waals surface area (Å²) in [5, 5.41) is 0.511. The SMILES string of the molecule is Cc1cc(-c2c[nH]c3ncc(-c4ccncc4)nc23)cnc1Cl. The highest BCUT2D eigenvalue weighted by Crippen LogP contribution is 2.29. The maximum absolute atomic E-state index is 6.01. The van der Waals surface area contributed by atoms with E-state index in [0.717, 1.165) is 39.1 Å². The third-order valence-electron chi connectivity index (χ3n) is 3.68. The van der Waals surface area contributed by atoms with Crippen molar-refractivity contribution in [1.82, 2.24) is 24.9 Å². The summed E-state index contributed by atoms with van der Waals surface area (Å²) in [4.78, 5) is 20.6. The Bertz CT molecular complexity index is 994. The van der Waals surface area contributed by atoms with Crippen LogP contribution in [0.25, 0.3) is 33.5 Å². The fourth-order valence-electron chi connectivity index (χ4n) is 2.48. The molecule has 5 nitrogen and oxygen atoms in total. The predicted octanol–water partition coefficient (Wildman–Crippen LogP) is 4.04. The van der Waals surface area contributed by atoms with Crippen LogP contribution in [0.1, 0.15) is 5.56 Å². The third-order valence-corrected chi connectivity index (χ3v) is 4.08. The van der Waals surface area contributed by atoms with Gasteiger partial charge in [0.2, 0.25) is 0 Å². The molecular weight excluding hydrogens is 310 g/mol. The molecule has 4 heterocycles. The van der Waals surface area contributed by atoms with Crippen LogP contribution in [0, 0.1) is 6.92 Å². The van der Waals surface area contributed by atoms with Gasteiger partial charge in [-0.2, -0.15) is 0 Å². The van der Waals surface area contributed by atoms with Gasteiger partial charge in [-0.25, -0.2) is 15.0 Å². The molecule has 0 unspecified atom stereocenters. The van der Waals surface area contributed by atoms with E-state index in [0.29, 0.717) is 5.15 Å². The maximum Gasteiger partial charge on any atom is 0.156 e. The van der Waals surface area contributed by atoms with Crippen molar-refractivity contribution < 1.29 is 0 Å². The lowest BCUT2D eigenvalue weighted by Gasteiger charge is -2.03. The monoisotopic (exact) mass is 321 g/mol. The number of nitrogens with one attached hydrogen (secondary N) is 1. The first-order valence-corrected chi connectivity index (χ1v) is 7.47. The second kappa shape index (κ2) is 5.44. The molecule has 0 aromatic carbocycles. The summed E-state index contributed by atoms with van der Waals surface area (Å²) in [7, 11) is 0. The number of pyridine rings is 2. The summed E-state index contributed by atoms with van der Waals surface area (Å²) in [5.74, 6) is 0. The Morgan fingerprint density at radius 2 is 1.87 bits per heavy atom. The molecule has 0 saturated heterocycles. The van der Waals surface area contributed by atoms with Crippen molar-refractivity contribution in [1.29, 1.82) is 0 Å². The first kappa shape index (κ1) is 13.8. The van der Waals surface area contributed by atoms with Crippen molar-refractivity contribution in [2.24, 2.45) is 0 Å². The van der Waals surface area contributed by atoms with Crippen molar-refractivity contribution in [3.05, 3.63) is 59.9 Å². The standard InChI is InChI=1S/C17H12ClN5/c1-10-6-12(7-20-16(10)18)13-8-21-17-15(13)23-14(9-22-17)11-2-4-19-5-3-11/h2-9H,1H3,(H,21,22). The van der Waals surface area contributed by atoms with Crippen LogP contribution >= 0.6 is 11.6 Å². The smallest absolute Gasteiger partial charge is 0.156 e. The molecule has 1 N–H and O–H groups in total. The first-order chi connectivity index (χ1) is 11.2. The van der Waals surface area contributed by atoms with Crippen LogP contribution < -0.4 is 0 Å². The highest BCUT2D eigenvalue weighted by Gasteiger charge is 2.12. The van der Waals surface area contributed by atoms with Gasteiger partial charge >= 0.3 is 0 Å². The minimum absolute atomic E-state index is 0.511.